The predicted octanol–water partition coefficient (Wildman–Crippen LogP) is 5.29. The van der Waals surface area contributed by atoms with Gasteiger partial charge in [0.2, 0.25) is 0 Å². The standard InChI is InChI=1S/C12H12Br2Cl2O/c1-6(2)12(17)9(14)5-7-3-4-8(13)11(16)10(7)15/h3-4,6,9H,5H2,1-2H3. The molecule has 1 nitrogen and oxygen atoms in total. The third-order valence-electron chi connectivity index (χ3n) is 2.39. The van der Waals surface area contributed by atoms with Gasteiger partial charge in [-0.25, -0.2) is 0 Å². The third kappa shape index (κ3) is 3.95. The topological polar surface area (TPSA) is 17.1 Å². The molecule has 17 heavy (non-hydrogen) atoms. The van der Waals surface area contributed by atoms with Crippen molar-refractivity contribution < 1.29 is 4.79 Å². The summed E-state index contributed by atoms with van der Waals surface area (Å²) in [5.74, 6) is 0.171. The summed E-state index contributed by atoms with van der Waals surface area (Å²) in [6.07, 6.45) is 0.544. The number of carbonyl (C=O) groups is 1. The van der Waals surface area contributed by atoms with Crippen LogP contribution in [0.2, 0.25) is 10.0 Å². The minimum absolute atomic E-state index is 0.00377. The van der Waals surface area contributed by atoms with E-state index >= 15 is 0 Å². The predicted molar refractivity (Wildman–Crippen MR) is 80.4 cm³/mol. The van der Waals surface area contributed by atoms with E-state index in [2.05, 4.69) is 31.9 Å². The molecule has 0 saturated carbocycles. The Hall–Kier alpha value is 0.430. The average Bonchev–Trinajstić information content (AvgIpc) is 2.28. The maximum absolute atomic E-state index is 11.8. The Morgan fingerprint density at radius 2 is 1.88 bits per heavy atom. The highest BCUT2D eigenvalue weighted by molar-refractivity contribution is 9.10. The number of carbonyl (C=O) groups excluding carboxylic acids is 1. The van der Waals surface area contributed by atoms with Crippen molar-refractivity contribution in [2.24, 2.45) is 5.92 Å². The number of hydrogen-bond donors (Lipinski definition) is 0. The average molecular weight is 403 g/mol. The zero-order valence-electron chi connectivity index (χ0n) is 9.44. The minimum atomic E-state index is -0.225. The molecule has 0 fully saturated rings. The van der Waals surface area contributed by atoms with Gasteiger partial charge in [0.15, 0.2) is 0 Å². The molecule has 94 valence electrons. The number of Topliss-reactive ketones (excluding diaryl/α,β-unsaturated/α-hetero) is 1. The van der Waals surface area contributed by atoms with Crippen LogP contribution in [-0.2, 0) is 11.2 Å². The van der Waals surface area contributed by atoms with Crippen LogP contribution in [0.3, 0.4) is 0 Å². The van der Waals surface area contributed by atoms with Gasteiger partial charge in [-0.3, -0.25) is 4.79 Å². The quantitative estimate of drug-likeness (QED) is 0.494. The Morgan fingerprint density at radius 1 is 1.29 bits per heavy atom. The summed E-state index contributed by atoms with van der Waals surface area (Å²) in [7, 11) is 0. The van der Waals surface area contributed by atoms with Crippen LogP contribution in [0.5, 0.6) is 0 Å². The van der Waals surface area contributed by atoms with E-state index in [1.165, 1.54) is 0 Å². The van der Waals surface area contributed by atoms with E-state index < -0.39 is 0 Å². The van der Waals surface area contributed by atoms with E-state index in [0.29, 0.717) is 16.5 Å². The second-order valence-corrected chi connectivity index (χ2v) is 6.78. The van der Waals surface area contributed by atoms with E-state index in [-0.39, 0.29) is 16.5 Å². The van der Waals surface area contributed by atoms with E-state index in [9.17, 15) is 4.79 Å². The molecule has 1 aromatic rings. The number of rotatable bonds is 4. The van der Waals surface area contributed by atoms with Gasteiger partial charge >= 0.3 is 0 Å². The molecule has 0 heterocycles. The van der Waals surface area contributed by atoms with Crippen molar-refractivity contribution in [3.8, 4) is 0 Å². The van der Waals surface area contributed by atoms with Crippen molar-refractivity contribution >= 4 is 60.8 Å². The molecule has 0 N–H and O–H groups in total. The summed E-state index contributed by atoms with van der Waals surface area (Å²) in [4.78, 5) is 11.6. The molecule has 0 aliphatic rings. The molecule has 1 rings (SSSR count). The van der Waals surface area contributed by atoms with Crippen molar-refractivity contribution in [1.29, 1.82) is 0 Å². The second-order valence-electron chi connectivity index (χ2n) is 4.06. The van der Waals surface area contributed by atoms with Gasteiger partial charge in [0.25, 0.3) is 0 Å². The summed E-state index contributed by atoms with van der Waals surface area (Å²) < 4.78 is 0.759. The molecule has 1 unspecified atom stereocenters. The van der Waals surface area contributed by atoms with Crippen LogP contribution in [0.15, 0.2) is 16.6 Å². The van der Waals surface area contributed by atoms with Crippen molar-refractivity contribution in [1.82, 2.24) is 0 Å². The van der Waals surface area contributed by atoms with Crippen molar-refractivity contribution in [3.05, 3.63) is 32.2 Å². The fraction of sp³-hybridized carbons (Fsp3) is 0.417. The highest BCUT2D eigenvalue weighted by Gasteiger charge is 2.20. The first-order valence-electron chi connectivity index (χ1n) is 5.14. The summed E-state index contributed by atoms with van der Waals surface area (Å²) >= 11 is 18.9. The lowest BCUT2D eigenvalue weighted by Crippen LogP contribution is -2.21. The largest absolute Gasteiger partial charge is 0.298 e. The third-order valence-corrected chi connectivity index (χ3v) is 4.98. The first-order chi connectivity index (χ1) is 7.84. The first-order valence-corrected chi connectivity index (χ1v) is 7.61. The van der Waals surface area contributed by atoms with E-state index in [4.69, 9.17) is 23.2 Å². The Kier molecular flexibility index (Phi) is 5.97. The molecule has 1 aromatic carbocycles. The number of ketones is 1. The van der Waals surface area contributed by atoms with Crippen LogP contribution in [-0.4, -0.2) is 10.6 Å². The molecule has 1 atom stereocenters. The summed E-state index contributed by atoms with van der Waals surface area (Å²) in [6, 6.07) is 3.71. The van der Waals surface area contributed by atoms with Gasteiger partial charge < -0.3 is 0 Å². The zero-order chi connectivity index (χ0) is 13.2. The van der Waals surface area contributed by atoms with Gasteiger partial charge in [-0.15, -0.1) is 0 Å². The number of hydrogen-bond acceptors (Lipinski definition) is 1. The molecule has 0 radical (unpaired) electrons. The Labute approximate surface area is 128 Å². The maximum Gasteiger partial charge on any atom is 0.149 e. The molecule has 0 aliphatic carbocycles. The number of halogens is 4. The fourth-order valence-corrected chi connectivity index (χ4v) is 3.13. The Balaban J connectivity index is 2.90. The van der Waals surface area contributed by atoms with E-state index in [1.807, 2.05) is 26.0 Å². The van der Waals surface area contributed by atoms with Gasteiger partial charge in [-0.1, -0.05) is 59.0 Å². The highest BCUT2D eigenvalue weighted by Crippen LogP contribution is 2.34. The van der Waals surface area contributed by atoms with Gasteiger partial charge in [-0.05, 0) is 34.0 Å². The van der Waals surface area contributed by atoms with Crippen molar-refractivity contribution in [3.63, 3.8) is 0 Å². The summed E-state index contributed by atoms with van der Waals surface area (Å²) in [5, 5.41) is 0.989. The monoisotopic (exact) mass is 400 g/mol. The maximum atomic E-state index is 11.8. The molecule has 0 aliphatic heterocycles. The van der Waals surface area contributed by atoms with E-state index in [0.717, 1.165) is 10.0 Å². The van der Waals surface area contributed by atoms with Crippen LogP contribution in [0.4, 0.5) is 0 Å². The molecule has 0 aromatic heterocycles. The Bertz CT molecular complexity index is 433. The second kappa shape index (κ2) is 6.55. The lowest BCUT2D eigenvalue weighted by molar-refractivity contribution is -0.121. The number of alkyl halides is 1. The minimum Gasteiger partial charge on any atom is -0.298 e. The lowest BCUT2D eigenvalue weighted by atomic mass is 10.0. The van der Waals surface area contributed by atoms with Crippen LogP contribution in [0, 0.1) is 5.92 Å². The highest BCUT2D eigenvalue weighted by atomic mass is 79.9. The zero-order valence-corrected chi connectivity index (χ0v) is 14.1. The van der Waals surface area contributed by atoms with Crippen molar-refractivity contribution in [2.45, 2.75) is 25.1 Å². The molecule has 0 amide bonds. The molecular formula is C12H12Br2Cl2O. The SMILES string of the molecule is CC(C)C(=O)C(Br)Cc1ccc(Br)c(Cl)c1Cl. The molecule has 0 bridgehead atoms. The van der Waals surface area contributed by atoms with Crippen molar-refractivity contribution in [2.75, 3.05) is 0 Å². The van der Waals surface area contributed by atoms with Crippen LogP contribution in [0.1, 0.15) is 19.4 Å². The molecular weight excluding hydrogens is 391 g/mol. The Morgan fingerprint density at radius 3 is 2.41 bits per heavy atom. The van der Waals surface area contributed by atoms with Gasteiger partial charge in [0.1, 0.15) is 5.78 Å². The summed E-state index contributed by atoms with van der Waals surface area (Å²) in [6.45, 7) is 3.76. The van der Waals surface area contributed by atoms with Gasteiger partial charge in [0.05, 0.1) is 14.9 Å². The lowest BCUT2D eigenvalue weighted by Gasteiger charge is -2.13. The van der Waals surface area contributed by atoms with Crippen LogP contribution >= 0.6 is 55.1 Å². The number of benzene rings is 1. The smallest absolute Gasteiger partial charge is 0.149 e. The molecule has 5 heteroatoms. The van der Waals surface area contributed by atoms with Crippen LogP contribution in [0.25, 0.3) is 0 Å². The summed E-state index contributed by atoms with van der Waals surface area (Å²) in [5.41, 5.74) is 0.871. The fourth-order valence-electron chi connectivity index (χ4n) is 1.38. The molecule has 0 spiro atoms. The first kappa shape index (κ1) is 15.5. The normalized spacial score (nSPS) is 12.9. The molecule has 0 saturated heterocycles. The van der Waals surface area contributed by atoms with E-state index in [1.54, 1.807) is 0 Å². The van der Waals surface area contributed by atoms with Gasteiger partial charge in [0, 0.05) is 10.4 Å². The van der Waals surface area contributed by atoms with Gasteiger partial charge in [-0.2, -0.15) is 0 Å². The van der Waals surface area contributed by atoms with Crippen LogP contribution < -0.4 is 0 Å².